The minimum atomic E-state index is -0.380. The predicted octanol–water partition coefficient (Wildman–Crippen LogP) is 5.66. The molecule has 0 fully saturated rings. The second kappa shape index (κ2) is 9.14. The fourth-order valence-electron chi connectivity index (χ4n) is 3.15. The van der Waals surface area contributed by atoms with Crippen LogP contribution in [0.5, 0.6) is 5.75 Å². The molecule has 7 heteroatoms. The van der Waals surface area contributed by atoms with Crippen molar-refractivity contribution in [2.75, 3.05) is 11.9 Å². The third kappa shape index (κ3) is 4.67. The van der Waals surface area contributed by atoms with E-state index >= 15 is 0 Å². The van der Waals surface area contributed by atoms with E-state index < -0.39 is 0 Å². The van der Waals surface area contributed by atoms with E-state index in [4.69, 9.17) is 4.74 Å². The van der Waals surface area contributed by atoms with Crippen LogP contribution in [0.4, 0.5) is 5.69 Å². The van der Waals surface area contributed by atoms with Gasteiger partial charge >= 0.3 is 0 Å². The van der Waals surface area contributed by atoms with Crippen molar-refractivity contribution in [3.05, 3.63) is 88.7 Å². The predicted molar refractivity (Wildman–Crippen MR) is 125 cm³/mol. The average Bonchev–Trinajstić information content (AvgIpc) is 3.21. The normalized spacial score (nSPS) is 10.7. The van der Waals surface area contributed by atoms with E-state index in [1.807, 2.05) is 74.5 Å². The molecule has 1 heterocycles. The van der Waals surface area contributed by atoms with E-state index in [1.54, 1.807) is 16.8 Å². The number of carbonyl (C=O) groups is 1. The minimum Gasteiger partial charge on any atom is -0.494 e. The van der Waals surface area contributed by atoms with Crippen molar-refractivity contribution >= 4 is 27.5 Å². The monoisotopic (exact) mass is 476 g/mol. The SMILES string of the molecule is CCOc1ccc(NC(=O)c2nc(-c3ccc(Br)cc3)n(-c3ccccc3C)n2)cc1. The number of nitrogens with zero attached hydrogens (tertiary/aromatic N) is 3. The quantitative estimate of drug-likeness (QED) is 0.389. The number of aromatic nitrogens is 3. The topological polar surface area (TPSA) is 69.0 Å². The molecule has 4 aromatic rings. The second-order valence-electron chi connectivity index (χ2n) is 6.88. The zero-order valence-corrected chi connectivity index (χ0v) is 18.8. The molecule has 0 aliphatic carbocycles. The molecular weight excluding hydrogens is 456 g/mol. The molecule has 0 bridgehead atoms. The molecule has 1 amide bonds. The number of ether oxygens (including phenoxy) is 1. The van der Waals surface area contributed by atoms with Crippen LogP contribution in [-0.2, 0) is 0 Å². The fourth-order valence-corrected chi connectivity index (χ4v) is 3.42. The van der Waals surface area contributed by atoms with Crippen molar-refractivity contribution in [3.63, 3.8) is 0 Å². The lowest BCUT2D eigenvalue weighted by Gasteiger charge is -2.08. The van der Waals surface area contributed by atoms with Gasteiger partial charge in [-0.05, 0) is 61.9 Å². The first-order valence-corrected chi connectivity index (χ1v) is 10.7. The first-order valence-electron chi connectivity index (χ1n) is 9.88. The lowest BCUT2D eigenvalue weighted by Crippen LogP contribution is -2.14. The van der Waals surface area contributed by atoms with Crippen LogP contribution in [0.3, 0.4) is 0 Å². The van der Waals surface area contributed by atoms with Crippen molar-refractivity contribution < 1.29 is 9.53 Å². The lowest BCUT2D eigenvalue weighted by atomic mass is 10.2. The molecular formula is C24H21BrN4O2. The molecule has 31 heavy (non-hydrogen) atoms. The molecule has 0 aliphatic rings. The summed E-state index contributed by atoms with van der Waals surface area (Å²) in [5, 5.41) is 7.39. The van der Waals surface area contributed by atoms with E-state index in [1.165, 1.54) is 0 Å². The van der Waals surface area contributed by atoms with Crippen LogP contribution in [0.15, 0.2) is 77.3 Å². The van der Waals surface area contributed by atoms with E-state index in [0.717, 1.165) is 27.0 Å². The number of benzene rings is 3. The summed E-state index contributed by atoms with van der Waals surface area (Å²) in [5.41, 5.74) is 3.40. The molecule has 4 rings (SSSR count). The van der Waals surface area contributed by atoms with E-state index in [0.29, 0.717) is 18.1 Å². The first-order chi connectivity index (χ1) is 15.0. The number of para-hydroxylation sites is 1. The molecule has 0 spiro atoms. The summed E-state index contributed by atoms with van der Waals surface area (Å²) in [4.78, 5) is 17.5. The van der Waals surface area contributed by atoms with Gasteiger partial charge in [0.2, 0.25) is 5.82 Å². The Morgan fingerprint density at radius 3 is 2.42 bits per heavy atom. The molecule has 3 aromatic carbocycles. The summed E-state index contributed by atoms with van der Waals surface area (Å²) in [6.45, 7) is 4.52. The Labute approximate surface area is 189 Å². The van der Waals surface area contributed by atoms with Gasteiger partial charge in [-0.2, -0.15) is 0 Å². The number of aryl methyl sites for hydroxylation is 1. The van der Waals surface area contributed by atoms with Crippen LogP contribution >= 0.6 is 15.9 Å². The van der Waals surface area contributed by atoms with Gasteiger partial charge in [-0.1, -0.05) is 46.3 Å². The van der Waals surface area contributed by atoms with Gasteiger partial charge < -0.3 is 10.1 Å². The van der Waals surface area contributed by atoms with Crippen molar-refractivity contribution in [1.82, 2.24) is 14.8 Å². The molecule has 1 N–H and O–H groups in total. The van der Waals surface area contributed by atoms with Gasteiger partial charge in [0.1, 0.15) is 5.75 Å². The van der Waals surface area contributed by atoms with Crippen molar-refractivity contribution in [2.45, 2.75) is 13.8 Å². The highest BCUT2D eigenvalue weighted by molar-refractivity contribution is 9.10. The summed E-state index contributed by atoms with van der Waals surface area (Å²) in [6.07, 6.45) is 0. The van der Waals surface area contributed by atoms with Crippen LogP contribution in [0.1, 0.15) is 23.1 Å². The van der Waals surface area contributed by atoms with Gasteiger partial charge in [0, 0.05) is 15.7 Å². The first kappa shape index (κ1) is 20.8. The number of anilines is 1. The number of nitrogens with one attached hydrogen (secondary N) is 1. The Morgan fingerprint density at radius 1 is 1.03 bits per heavy atom. The van der Waals surface area contributed by atoms with E-state index in [-0.39, 0.29) is 11.7 Å². The molecule has 0 atom stereocenters. The fraction of sp³-hybridized carbons (Fsp3) is 0.125. The molecule has 6 nitrogen and oxygen atoms in total. The molecule has 156 valence electrons. The Balaban J connectivity index is 1.69. The van der Waals surface area contributed by atoms with Gasteiger partial charge in [-0.25, -0.2) is 9.67 Å². The number of rotatable bonds is 6. The highest BCUT2D eigenvalue weighted by Gasteiger charge is 2.20. The number of hydrogen-bond acceptors (Lipinski definition) is 4. The van der Waals surface area contributed by atoms with E-state index in [9.17, 15) is 4.79 Å². The summed E-state index contributed by atoms with van der Waals surface area (Å²) >= 11 is 3.46. The van der Waals surface area contributed by atoms with E-state index in [2.05, 4.69) is 31.3 Å². The third-order valence-corrected chi connectivity index (χ3v) is 5.21. The Kier molecular flexibility index (Phi) is 6.13. The summed E-state index contributed by atoms with van der Waals surface area (Å²) < 4.78 is 8.12. The third-order valence-electron chi connectivity index (χ3n) is 4.68. The summed E-state index contributed by atoms with van der Waals surface area (Å²) in [7, 11) is 0. The Morgan fingerprint density at radius 2 is 1.74 bits per heavy atom. The van der Waals surface area contributed by atoms with Crippen LogP contribution in [-0.4, -0.2) is 27.3 Å². The molecule has 0 unspecified atom stereocenters. The number of amides is 1. The second-order valence-corrected chi connectivity index (χ2v) is 7.79. The lowest BCUT2D eigenvalue weighted by molar-refractivity contribution is 0.101. The summed E-state index contributed by atoms with van der Waals surface area (Å²) in [5.74, 6) is 1.06. The maximum absolute atomic E-state index is 12.9. The van der Waals surface area contributed by atoms with Crippen LogP contribution in [0, 0.1) is 6.92 Å². The highest BCUT2D eigenvalue weighted by atomic mass is 79.9. The smallest absolute Gasteiger partial charge is 0.295 e. The molecule has 0 saturated carbocycles. The van der Waals surface area contributed by atoms with Gasteiger partial charge in [0.15, 0.2) is 5.82 Å². The molecule has 0 aliphatic heterocycles. The van der Waals surface area contributed by atoms with Crippen molar-refractivity contribution in [2.24, 2.45) is 0 Å². The van der Waals surface area contributed by atoms with Crippen LogP contribution in [0.2, 0.25) is 0 Å². The van der Waals surface area contributed by atoms with Gasteiger partial charge in [0.25, 0.3) is 5.91 Å². The average molecular weight is 477 g/mol. The van der Waals surface area contributed by atoms with Crippen LogP contribution in [0.25, 0.3) is 17.1 Å². The van der Waals surface area contributed by atoms with Gasteiger partial charge in [-0.3, -0.25) is 4.79 Å². The largest absolute Gasteiger partial charge is 0.494 e. The number of carbonyl (C=O) groups excluding carboxylic acids is 1. The van der Waals surface area contributed by atoms with Crippen LogP contribution < -0.4 is 10.1 Å². The molecule has 1 aromatic heterocycles. The zero-order valence-electron chi connectivity index (χ0n) is 17.2. The minimum absolute atomic E-state index is 0.0926. The molecule has 0 radical (unpaired) electrons. The maximum atomic E-state index is 12.9. The number of halogens is 1. The summed E-state index contributed by atoms with van der Waals surface area (Å²) in [6, 6.07) is 22.8. The zero-order chi connectivity index (χ0) is 21.8. The maximum Gasteiger partial charge on any atom is 0.295 e. The van der Waals surface area contributed by atoms with Crippen molar-refractivity contribution in [3.8, 4) is 22.8 Å². The number of hydrogen-bond donors (Lipinski definition) is 1. The highest BCUT2D eigenvalue weighted by Crippen LogP contribution is 2.25. The Bertz CT molecular complexity index is 1200. The van der Waals surface area contributed by atoms with Gasteiger partial charge in [0.05, 0.1) is 12.3 Å². The van der Waals surface area contributed by atoms with Crippen molar-refractivity contribution in [1.29, 1.82) is 0 Å². The standard InChI is InChI=1S/C24H21BrN4O2/c1-3-31-20-14-12-19(13-15-20)26-24(30)22-27-23(17-8-10-18(25)11-9-17)29(28-22)21-7-5-4-6-16(21)2/h4-15H,3H2,1-2H3,(H,26,30). The van der Waals surface area contributed by atoms with Gasteiger partial charge in [-0.15, -0.1) is 5.10 Å². The molecule has 0 saturated heterocycles. The Hall–Kier alpha value is -3.45.